The molecular weight excluding hydrogens is 302 g/mol. The van der Waals surface area contributed by atoms with E-state index >= 15 is 0 Å². The second kappa shape index (κ2) is 5.09. The van der Waals surface area contributed by atoms with Crippen LogP contribution in [0.3, 0.4) is 0 Å². The highest BCUT2D eigenvalue weighted by Crippen LogP contribution is 2.37. The van der Waals surface area contributed by atoms with E-state index < -0.39 is 0 Å². The number of hydrogen-bond acceptors (Lipinski definition) is 3. The number of H-pyrrole nitrogens is 1. The van der Waals surface area contributed by atoms with Crippen molar-refractivity contribution >= 4 is 5.91 Å². The van der Waals surface area contributed by atoms with Crippen LogP contribution in [-0.2, 0) is 5.41 Å². The van der Waals surface area contributed by atoms with Gasteiger partial charge in [0.1, 0.15) is 5.69 Å². The molecule has 1 aliphatic rings. The summed E-state index contributed by atoms with van der Waals surface area (Å²) in [6, 6.07) is 11.8. The minimum Gasteiger partial charge on any atom is -0.463 e. The Hall–Kier alpha value is -2.82. The van der Waals surface area contributed by atoms with Gasteiger partial charge in [-0.05, 0) is 28.7 Å². The lowest BCUT2D eigenvalue weighted by Gasteiger charge is -2.20. The van der Waals surface area contributed by atoms with Crippen LogP contribution < -0.4 is 5.32 Å². The van der Waals surface area contributed by atoms with E-state index in [2.05, 4.69) is 60.6 Å². The van der Waals surface area contributed by atoms with Crippen LogP contribution in [0.4, 0.5) is 0 Å². The third-order valence-electron chi connectivity index (χ3n) is 4.46. The number of amides is 1. The van der Waals surface area contributed by atoms with Crippen LogP contribution in [0.1, 0.15) is 54.0 Å². The van der Waals surface area contributed by atoms with Crippen molar-refractivity contribution in [2.45, 2.75) is 32.2 Å². The number of nitrogens with zero attached hydrogens (tertiary/aromatic N) is 1. The van der Waals surface area contributed by atoms with Crippen molar-refractivity contribution in [3.63, 3.8) is 0 Å². The zero-order valence-electron chi connectivity index (χ0n) is 13.9. The average molecular weight is 321 g/mol. The number of carbonyl (C=O) groups is 1. The molecule has 1 aliphatic heterocycles. The predicted octanol–water partition coefficient (Wildman–Crippen LogP) is 3.80. The lowest BCUT2D eigenvalue weighted by molar-refractivity contribution is 0.0955. The Balaban J connectivity index is 1.77. The van der Waals surface area contributed by atoms with Crippen LogP contribution in [0, 0.1) is 0 Å². The second-order valence-electron chi connectivity index (χ2n) is 7.12. The molecule has 0 aliphatic carbocycles. The summed E-state index contributed by atoms with van der Waals surface area (Å²) < 4.78 is 5.48. The fraction of sp³-hybridized carbons (Fsp3) is 0.263. The van der Waals surface area contributed by atoms with E-state index in [9.17, 15) is 4.79 Å². The number of carbonyl (C=O) groups excluding carboxylic acids is 1. The van der Waals surface area contributed by atoms with Gasteiger partial charge in [-0.15, -0.1) is 0 Å². The van der Waals surface area contributed by atoms with Crippen LogP contribution in [0.25, 0.3) is 11.5 Å². The Bertz CT molecular complexity index is 884. The third kappa shape index (κ3) is 2.24. The van der Waals surface area contributed by atoms with Crippen LogP contribution in [-0.4, -0.2) is 16.1 Å². The number of furan rings is 1. The first-order valence-corrected chi connectivity index (χ1v) is 7.98. The summed E-state index contributed by atoms with van der Waals surface area (Å²) in [7, 11) is 0. The van der Waals surface area contributed by atoms with Gasteiger partial charge in [0.05, 0.1) is 12.3 Å². The fourth-order valence-corrected chi connectivity index (χ4v) is 3.11. The summed E-state index contributed by atoms with van der Waals surface area (Å²) in [5, 5.41) is 10.1. The van der Waals surface area contributed by atoms with E-state index in [1.807, 2.05) is 12.1 Å². The largest absolute Gasteiger partial charge is 0.463 e. The molecule has 2 aromatic heterocycles. The van der Waals surface area contributed by atoms with E-state index in [-0.39, 0.29) is 17.4 Å². The summed E-state index contributed by atoms with van der Waals surface area (Å²) in [5.74, 6) is 0.514. The molecule has 5 nitrogen and oxygen atoms in total. The maximum atomic E-state index is 12.2. The summed E-state index contributed by atoms with van der Waals surface area (Å²) in [6.45, 7) is 6.55. The van der Waals surface area contributed by atoms with Gasteiger partial charge in [-0.25, -0.2) is 0 Å². The summed E-state index contributed by atoms with van der Waals surface area (Å²) >= 11 is 0. The topological polar surface area (TPSA) is 70.9 Å². The summed E-state index contributed by atoms with van der Waals surface area (Å²) in [5.41, 5.74) is 4.42. The minimum atomic E-state index is -0.222. The van der Waals surface area contributed by atoms with Crippen LogP contribution in [0.2, 0.25) is 0 Å². The SMILES string of the molecule is CC(C)(C)c1ccc([C@H]2NC(=O)c3n[nH]c(-c4ccco4)c32)cc1. The highest BCUT2D eigenvalue weighted by atomic mass is 16.3. The fourth-order valence-electron chi connectivity index (χ4n) is 3.11. The maximum absolute atomic E-state index is 12.2. The first kappa shape index (κ1) is 14.8. The molecule has 122 valence electrons. The van der Waals surface area contributed by atoms with E-state index in [1.54, 1.807) is 6.26 Å². The van der Waals surface area contributed by atoms with Gasteiger partial charge in [0.15, 0.2) is 11.5 Å². The van der Waals surface area contributed by atoms with Crippen molar-refractivity contribution in [2.24, 2.45) is 0 Å². The van der Waals surface area contributed by atoms with Crippen molar-refractivity contribution in [3.8, 4) is 11.5 Å². The van der Waals surface area contributed by atoms with Gasteiger partial charge >= 0.3 is 0 Å². The monoisotopic (exact) mass is 321 g/mol. The molecule has 0 fully saturated rings. The first-order valence-electron chi connectivity index (χ1n) is 7.98. The molecule has 4 rings (SSSR count). The van der Waals surface area contributed by atoms with E-state index in [4.69, 9.17) is 4.42 Å². The van der Waals surface area contributed by atoms with Gasteiger partial charge in [0.2, 0.25) is 0 Å². The van der Waals surface area contributed by atoms with E-state index in [1.165, 1.54) is 5.56 Å². The van der Waals surface area contributed by atoms with Gasteiger partial charge in [0.25, 0.3) is 5.91 Å². The van der Waals surface area contributed by atoms with Crippen LogP contribution >= 0.6 is 0 Å². The zero-order chi connectivity index (χ0) is 16.9. The maximum Gasteiger partial charge on any atom is 0.272 e. The summed E-state index contributed by atoms with van der Waals surface area (Å²) in [4.78, 5) is 12.2. The Morgan fingerprint density at radius 1 is 1.12 bits per heavy atom. The molecule has 0 saturated heterocycles. The van der Waals surface area contributed by atoms with Gasteiger partial charge in [-0.3, -0.25) is 9.89 Å². The average Bonchev–Trinajstić information content (AvgIpc) is 3.24. The third-order valence-corrected chi connectivity index (χ3v) is 4.46. The van der Waals surface area contributed by atoms with Gasteiger partial charge in [-0.2, -0.15) is 5.10 Å². The number of hydrogen-bond donors (Lipinski definition) is 2. The molecule has 5 heteroatoms. The number of aromatic amines is 1. The molecule has 24 heavy (non-hydrogen) atoms. The second-order valence-corrected chi connectivity index (χ2v) is 7.12. The standard InChI is InChI=1S/C19H19N3O2/c1-19(2,3)12-8-6-11(7-9-12)15-14-16(13-5-4-10-24-13)21-22-17(14)18(23)20-15/h4-10,15H,1-3H3,(H,20,23)(H,21,22)/t15-/m1/s1. The quantitative estimate of drug-likeness (QED) is 0.754. The van der Waals surface area contributed by atoms with Crippen molar-refractivity contribution in [1.29, 1.82) is 0 Å². The zero-order valence-corrected chi connectivity index (χ0v) is 13.9. The van der Waals surface area contributed by atoms with Gasteiger partial charge < -0.3 is 9.73 Å². The van der Waals surface area contributed by atoms with Crippen molar-refractivity contribution in [3.05, 3.63) is 65.0 Å². The van der Waals surface area contributed by atoms with Crippen LogP contribution in [0.15, 0.2) is 47.1 Å². The Labute approximate surface area is 140 Å². The normalized spacial score (nSPS) is 17.0. The molecule has 1 atom stereocenters. The molecule has 3 heterocycles. The van der Waals surface area contributed by atoms with Crippen LogP contribution in [0.5, 0.6) is 0 Å². The Morgan fingerprint density at radius 3 is 2.50 bits per heavy atom. The number of nitrogens with one attached hydrogen (secondary N) is 2. The van der Waals surface area contributed by atoms with E-state index in [0.717, 1.165) is 16.8 Å². The summed E-state index contributed by atoms with van der Waals surface area (Å²) in [6.07, 6.45) is 1.61. The molecule has 3 aromatic rings. The molecular formula is C19H19N3O2. The highest BCUT2D eigenvalue weighted by molar-refractivity contribution is 5.99. The molecule has 0 radical (unpaired) electrons. The predicted molar refractivity (Wildman–Crippen MR) is 90.7 cm³/mol. The number of aromatic nitrogens is 2. The minimum absolute atomic E-state index is 0.0948. The number of rotatable bonds is 2. The smallest absolute Gasteiger partial charge is 0.272 e. The number of fused-ring (bicyclic) bond motifs is 1. The molecule has 0 spiro atoms. The van der Waals surface area contributed by atoms with E-state index in [0.29, 0.717) is 11.5 Å². The Kier molecular flexibility index (Phi) is 3.13. The molecule has 0 unspecified atom stereocenters. The van der Waals surface area contributed by atoms with Crippen molar-refractivity contribution < 1.29 is 9.21 Å². The Morgan fingerprint density at radius 2 is 1.88 bits per heavy atom. The molecule has 1 amide bonds. The molecule has 0 saturated carbocycles. The molecule has 2 N–H and O–H groups in total. The highest BCUT2D eigenvalue weighted by Gasteiger charge is 2.36. The van der Waals surface area contributed by atoms with Crippen molar-refractivity contribution in [2.75, 3.05) is 0 Å². The first-order chi connectivity index (χ1) is 11.4. The lowest BCUT2D eigenvalue weighted by Crippen LogP contribution is -2.21. The lowest BCUT2D eigenvalue weighted by atomic mass is 9.86. The number of benzene rings is 1. The van der Waals surface area contributed by atoms with Crippen molar-refractivity contribution in [1.82, 2.24) is 15.5 Å². The van der Waals surface area contributed by atoms with Gasteiger partial charge in [-0.1, -0.05) is 45.0 Å². The molecule has 1 aromatic carbocycles. The van der Waals surface area contributed by atoms with Gasteiger partial charge in [0, 0.05) is 5.56 Å². The molecule has 0 bridgehead atoms.